The SMILES string of the molecule is CCC1CCC2(C1)CC2CCl. The maximum Gasteiger partial charge on any atom is 0.0257 e. The van der Waals surface area contributed by atoms with Gasteiger partial charge in [0.15, 0.2) is 0 Å². The minimum absolute atomic E-state index is 0.752. The summed E-state index contributed by atoms with van der Waals surface area (Å²) >= 11 is 5.86. The quantitative estimate of drug-likeness (QED) is 0.560. The number of halogens is 1. The molecule has 3 unspecified atom stereocenters. The first-order chi connectivity index (χ1) is 5.30. The molecule has 0 saturated heterocycles. The fraction of sp³-hybridized carbons (Fsp3) is 1.00. The molecule has 0 nitrogen and oxygen atoms in total. The van der Waals surface area contributed by atoms with Crippen LogP contribution in [0.1, 0.15) is 39.0 Å². The molecule has 0 aromatic heterocycles. The monoisotopic (exact) mass is 172 g/mol. The van der Waals surface area contributed by atoms with Gasteiger partial charge in [-0.2, -0.15) is 0 Å². The van der Waals surface area contributed by atoms with Gasteiger partial charge in [-0.3, -0.25) is 0 Å². The van der Waals surface area contributed by atoms with Crippen LogP contribution in [0.25, 0.3) is 0 Å². The van der Waals surface area contributed by atoms with Crippen LogP contribution in [0, 0.1) is 17.3 Å². The maximum atomic E-state index is 5.86. The van der Waals surface area contributed by atoms with Gasteiger partial charge in [0, 0.05) is 5.88 Å². The molecule has 2 fully saturated rings. The molecule has 0 radical (unpaired) electrons. The van der Waals surface area contributed by atoms with Crippen LogP contribution in [0.4, 0.5) is 0 Å². The summed E-state index contributed by atoms with van der Waals surface area (Å²) in [5, 5.41) is 0. The molecule has 0 N–H and O–H groups in total. The minimum atomic E-state index is 0.752. The second kappa shape index (κ2) is 2.65. The smallest absolute Gasteiger partial charge is 0.0257 e. The summed E-state index contributed by atoms with van der Waals surface area (Å²) in [5.41, 5.74) is 0.752. The van der Waals surface area contributed by atoms with E-state index in [9.17, 15) is 0 Å². The second-order valence-electron chi connectivity index (χ2n) is 4.43. The van der Waals surface area contributed by atoms with E-state index in [-0.39, 0.29) is 0 Å². The minimum Gasteiger partial charge on any atom is -0.126 e. The molecular weight excluding hydrogens is 156 g/mol. The van der Waals surface area contributed by atoms with E-state index in [0.717, 1.165) is 23.1 Å². The normalized spacial score (nSPS) is 48.5. The molecule has 0 aromatic rings. The number of alkyl halides is 1. The van der Waals surface area contributed by atoms with Crippen molar-refractivity contribution in [1.29, 1.82) is 0 Å². The van der Waals surface area contributed by atoms with E-state index in [0.29, 0.717) is 0 Å². The van der Waals surface area contributed by atoms with Crippen molar-refractivity contribution in [3.63, 3.8) is 0 Å². The predicted molar refractivity (Wildman–Crippen MR) is 48.9 cm³/mol. The summed E-state index contributed by atoms with van der Waals surface area (Å²) in [6, 6.07) is 0. The van der Waals surface area contributed by atoms with Crippen LogP contribution in [0.3, 0.4) is 0 Å². The van der Waals surface area contributed by atoms with E-state index < -0.39 is 0 Å². The highest BCUT2D eigenvalue weighted by molar-refractivity contribution is 6.18. The molecular formula is C10H17Cl. The van der Waals surface area contributed by atoms with Gasteiger partial charge in [0.25, 0.3) is 0 Å². The highest BCUT2D eigenvalue weighted by Gasteiger charge is 2.56. The fourth-order valence-corrected chi connectivity index (χ4v) is 3.26. The Morgan fingerprint density at radius 3 is 2.73 bits per heavy atom. The molecule has 2 aliphatic rings. The van der Waals surface area contributed by atoms with Crippen molar-refractivity contribution in [2.75, 3.05) is 5.88 Å². The van der Waals surface area contributed by atoms with E-state index in [2.05, 4.69) is 6.92 Å². The Morgan fingerprint density at radius 2 is 2.27 bits per heavy atom. The van der Waals surface area contributed by atoms with Gasteiger partial charge in [0.2, 0.25) is 0 Å². The predicted octanol–water partition coefficient (Wildman–Crippen LogP) is 3.44. The zero-order valence-electron chi connectivity index (χ0n) is 7.28. The van der Waals surface area contributed by atoms with Crippen molar-refractivity contribution in [3.8, 4) is 0 Å². The first kappa shape index (κ1) is 7.91. The zero-order valence-corrected chi connectivity index (χ0v) is 8.03. The summed E-state index contributed by atoms with van der Waals surface area (Å²) in [6.45, 7) is 2.32. The Labute approximate surface area is 74.3 Å². The van der Waals surface area contributed by atoms with Crippen molar-refractivity contribution in [1.82, 2.24) is 0 Å². The van der Waals surface area contributed by atoms with Gasteiger partial charge in [0.1, 0.15) is 0 Å². The van der Waals surface area contributed by atoms with E-state index in [1.165, 1.54) is 32.1 Å². The molecule has 1 spiro atoms. The molecule has 3 atom stereocenters. The first-order valence-electron chi connectivity index (χ1n) is 4.86. The first-order valence-corrected chi connectivity index (χ1v) is 5.40. The molecule has 64 valence electrons. The van der Waals surface area contributed by atoms with E-state index >= 15 is 0 Å². The molecule has 2 saturated carbocycles. The third-order valence-electron chi connectivity index (χ3n) is 3.87. The molecule has 0 aromatic carbocycles. The zero-order chi connectivity index (χ0) is 7.90. The highest BCUT2D eigenvalue weighted by atomic mass is 35.5. The van der Waals surface area contributed by atoms with Gasteiger partial charge in [-0.15, -0.1) is 11.6 Å². The standard InChI is InChI=1S/C10H17Cl/c1-2-8-3-4-10(5-8)6-9(10)7-11/h8-9H,2-7H2,1H3. The molecule has 0 bridgehead atoms. The van der Waals surface area contributed by atoms with Crippen molar-refractivity contribution >= 4 is 11.6 Å². The Hall–Kier alpha value is 0.290. The van der Waals surface area contributed by atoms with Crippen LogP contribution < -0.4 is 0 Å². The lowest BCUT2D eigenvalue weighted by molar-refractivity contribution is 0.442. The van der Waals surface area contributed by atoms with E-state index in [1.807, 2.05) is 0 Å². The second-order valence-corrected chi connectivity index (χ2v) is 4.74. The molecule has 1 heteroatoms. The van der Waals surface area contributed by atoms with Crippen molar-refractivity contribution in [2.45, 2.75) is 39.0 Å². The lowest BCUT2D eigenvalue weighted by Crippen LogP contribution is -1.99. The highest BCUT2D eigenvalue weighted by Crippen LogP contribution is 2.64. The number of hydrogen-bond donors (Lipinski definition) is 0. The van der Waals surface area contributed by atoms with Crippen LogP contribution >= 0.6 is 11.6 Å². The Balaban J connectivity index is 1.91. The van der Waals surface area contributed by atoms with Gasteiger partial charge in [0.05, 0.1) is 0 Å². The molecule has 0 heterocycles. The molecule has 2 aliphatic carbocycles. The van der Waals surface area contributed by atoms with E-state index in [4.69, 9.17) is 11.6 Å². The van der Waals surface area contributed by atoms with Crippen LogP contribution in [0.5, 0.6) is 0 Å². The summed E-state index contributed by atoms with van der Waals surface area (Å²) in [4.78, 5) is 0. The average Bonchev–Trinajstić information content (AvgIpc) is 2.53. The number of hydrogen-bond acceptors (Lipinski definition) is 0. The third-order valence-corrected chi connectivity index (χ3v) is 4.24. The van der Waals surface area contributed by atoms with Gasteiger partial charge >= 0.3 is 0 Å². The largest absolute Gasteiger partial charge is 0.126 e. The molecule has 2 rings (SSSR count). The van der Waals surface area contributed by atoms with Crippen molar-refractivity contribution in [2.24, 2.45) is 17.3 Å². The molecule has 0 amide bonds. The molecule has 0 aliphatic heterocycles. The van der Waals surface area contributed by atoms with Gasteiger partial charge in [-0.25, -0.2) is 0 Å². The lowest BCUT2D eigenvalue weighted by Gasteiger charge is -2.07. The summed E-state index contributed by atoms with van der Waals surface area (Å²) in [6.07, 6.45) is 7.26. The maximum absolute atomic E-state index is 5.86. The third kappa shape index (κ3) is 1.20. The summed E-state index contributed by atoms with van der Waals surface area (Å²) in [5.74, 6) is 2.83. The average molecular weight is 173 g/mol. The Morgan fingerprint density at radius 1 is 1.45 bits per heavy atom. The van der Waals surface area contributed by atoms with Crippen LogP contribution in [-0.4, -0.2) is 5.88 Å². The van der Waals surface area contributed by atoms with E-state index in [1.54, 1.807) is 0 Å². The fourth-order valence-electron chi connectivity index (χ4n) is 2.83. The van der Waals surface area contributed by atoms with Gasteiger partial charge in [-0.1, -0.05) is 13.3 Å². The van der Waals surface area contributed by atoms with Crippen molar-refractivity contribution < 1.29 is 0 Å². The summed E-state index contributed by atoms with van der Waals surface area (Å²) in [7, 11) is 0. The number of rotatable bonds is 2. The van der Waals surface area contributed by atoms with Crippen LogP contribution in [-0.2, 0) is 0 Å². The Kier molecular flexibility index (Phi) is 1.91. The van der Waals surface area contributed by atoms with Crippen LogP contribution in [0.15, 0.2) is 0 Å². The topological polar surface area (TPSA) is 0 Å². The van der Waals surface area contributed by atoms with Gasteiger partial charge < -0.3 is 0 Å². The van der Waals surface area contributed by atoms with Crippen LogP contribution in [0.2, 0.25) is 0 Å². The van der Waals surface area contributed by atoms with Crippen molar-refractivity contribution in [3.05, 3.63) is 0 Å². The van der Waals surface area contributed by atoms with Gasteiger partial charge in [-0.05, 0) is 42.9 Å². The molecule has 11 heavy (non-hydrogen) atoms. The summed E-state index contributed by atoms with van der Waals surface area (Å²) < 4.78 is 0. The lowest BCUT2D eigenvalue weighted by atomic mass is 9.99. The Bertz CT molecular complexity index is 151.